The number of halogens is 4. The maximum absolute atomic E-state index is 13.6. The second-order valence-corrected chi connectivity index (χ2v) is 9.69. The van der Waals surface area contributed by atoms with E-state index >= 15 is 0 Å². The van der Waals surface area contributed by atoms with Crippen LogP contribution in [0.2, 0.25) is 5.02 Å². The number of ether oxygens (including phenoxy) is 1. The van der Waals surface area contributed by atoms with E-state index in [2.05, 4.69) is 19.8 Å². The highest BCUT2D eigenvalue weighted by molar-refractivity contribution is 6.53. The predicted molar refractivity (Wildman–Crippen MR) is 157 cm³/mol. The number of aromatic nitrogens is 2. The monoisotopic (exact) mass is 656 g/mol. The zero-order valence-corrected chi connectivity index (χ0v) is 24.0. The van der Waals surface area contributed by atoms with Crippen molar-refractivity contribution in [2.45, 2.75) is 12.1 Å². The molecule has 0 bridgehead atoms. The lowest BCUT2D eigenvalue weighted by Gasteiger charge is -2.17. The number of amides is 3. The van der Waals surface area contributed by atoms with Crippen molar-refractivity contribution in [2.24, 2.45) is 10.8 Å². The maximum atomic E-state index is 13.6. The Labute approximate surface area is 260 Å². The van der Waals surface area contributed by atoms with Gasteiger partial charge in [0, 0.05) is 16.8 Å². The van der Waals surface area contributed by atoms with Gasteiger partial charge < -0.3 is 20.8 Å². The number of nitrogens with zero attached hydrogens (tertiary/aromatic N) is 2. The number of aromatic amines is 1. The van der Waals surface area contributed by atoms with Crippen molar-refractivity contribution in [1.82, 2.24) is 15.4 Å². The number of ketones is 2. The van der Waals surface area contributed by atoms with Crippen molar-refractivity contribution in [3.05, 3.63) is 104 Å². The molecule has 1 aromatic heterocycles. The molecule has 0 aliphatic rings. The van der Waals surface area contributed by atoms with Crippen LogP contribution in [0.25, 0.3) is 11.0 Å². The van der Waals surface area contributed by atoms with Crippen molar-refractivity contribution in [3.63, 3.8) is 0 Å². The molecule has 3 aromatic carbocycles. The van der Waals surface area contributed by atoms with Crippen LogP contribution in [0.5, 0.6) is 0 Å². The van der Waals surface area contributed by atoms with Gasteiger partial charge in [0.2, 0.25) is 5.78 Å². The number of fused-ring (bicyclic) bond motifs is 1. The van der Waals surface area contributed by atoms with Gasteiger partial charge in [-0.2, -0.15) is 18.3 Å². The summed E-state index contributed by atoms with van der Waals surface area (Å²) in [6.45, 7) is 0. The van der Waals surface area contributed by atoms with E-state index in [0.717, 1.165) is 19.2 Å². The summed E-state index contributed by atoms with van der Waals surface area (Å²) >= 11 is 5.61. The Bertz CT molecular complexity index is 1980. The number of Topliss-reactive ketones (excluding diaryl/α,β-unsaturated/α-hetero) is 1. The number of hydrogen-bond donors (Lipinski definition) is 4. The van der Waals surface area contributed by atoms with Crippen LogP contribution < -0.4 is 22.0 Å². The lowest BCUT2D eigenvalue weighted by molar-refractivity contribution is -0.137. The SMILES string of the molecule is COC(=O)/C(=N/NC(N)=O)[C@H](C(=O)C(=O)Nc1ccc(Cl)c(C(F)(F)F)c1)c1nc2cc(C(=O)c3ccccc3)ccc2[nH]c1=O. The van der Waals surface area contributed by atoms with Gasteiger partial charge in [-0.3, -0.25) is 19.2 Å². The van der Waals surface area contributed by atoms with Gasteiger partial charge in [0.05, 0.1) is 28.7 Å². The molecule has 4 rings (SSSR count). The van der Waals surface area contributed by atoms with Gasteiger partial charge in [0.25, 0.3) is 11.5 Å². The lowest BCUT2D eigenvalue weighted by Crippen LogP contribution is -2.41. The Morgan fingerprint density at radius 2 is 1.70 bits per heavy atom. The molecule has 1 heterocycles. The predicted octanol–water partition coefficient (Wildman–Crippen LogP) is 3.32. The third kappa shape index (κ3) is 7.24. The Morgan fingerprint density at radius 1 is 1.00 bits per heavy atom. The Morgan fingerprint density at radius 3 is 2.33 bits per heavy atom. The average molecular weight is 657 g/mol. The summed E-state index contributed by atoms with van der Waals surface area (Å²) in [7, 11) is 0.857. The summed E-state index contributed by atoms with van der Waals surface area (Å²) < 4.78 is 44.7. The number of primary amides is 1. The molecule has 0 saturated heterocycles. The van der Waals surface area contributed by atoms with Gasteiger partial charge in [0.15, 0.2) is 11.5 Å². The molecular weight excluding hydrogens is 637 g/mol. The van der Waals surface area contributed by atoms with Crippen LogP contribution in [0.1, 0.15) is 33.1 Å². The summed E-state index contributed by atoms with van der Waals surface area (Å²) in [6, 6.07) is 13.1. The fraction of sp³-hybridized carbons (Fsp3) is 0.103. The molecule has 0 unspecified atom stereocenters. The molecule has 5 N–H and O–H groups in total. The summed E-state index contributed by atoms with van der Waals surface area (Å²) in [5.41, 5.74) is 2.36. The third-order valence-electron chi connectivity index (χ3n) is 6.26. The number of hydrogen-bond acceptors (Lipinski definition) is 9. The minimum atomic E-state index is -4.92. The van der Waals surface area contributed by atoms with Crippen molar-refractivity contribution in [1.29, 1.82) is 0 Å². The fourth-order valence-electron chi connectivity index (χ4n) is 4.16. The van der Waals surface area contributed by atoms with E-state index in [0.29, 0.717) is 11.6 Å². The quantitative estimate of drug-likeness (QED) is 0.0690. The number of anilines is 1. The number of methoxy groups -OCH3 is 1. The number of rotatable bonds is 9. The van der Waals surface area contributed by atoms with Gasteiger partial charge in [-0.05, 0) is 36.4 Å². The van der Waals surface area contributed by atoms with Crippen molar-refractivity contribution in [3.8, 4) is 0 Å². The molecule has 0 aliphatic heterocycles. The number of urea groups is 1. The van der Waals surface area contributed by atoms with Crippen LogP contribution in [0, 0.1) is 0 Å². The van der Waals surface area contributed by atoms with E-state index in [9.17, 15) is 41.9 Å². The van der Waals surface area contributed by atoms with Crippen LogP contribution in [-0.2, 0) is 25.3 Å². The molecule has 46 heavy (non-hydrogen) atoms. The smallest absolute Gasteiger partial charge is 0.417 e. The van der Waals surface area contributed by atoms with E-state index in [1.165, 1.54) is 18.2 Å². The Balaban J connectivity index is 1.85. The number of H-pyrrole nitrogens is 1. The normalized spacial score (nSPS) is 12.2. The topological polar surface area (TPSA) is 203 Å². The first-order valence-corrected chi connectivity index (χ1v) is 13.2. The molecule has 1 atom stereocenters. The number of nitrogens with two attached hydrogens (primary N) is 1. The lowest BCUT2D eigenvalue weighted by atomic mass is 9.93. The second kappa shape index (κ2) is 13.4. The summed E-state index contributed by atoms with van der Waals surface area (Å²) in [4.78, 5) is 83.7. The molecule has 0 fully saturated rings. The summed E-state index contributed by atoms with van der Waals surface area (Å²) in [5, 5.41) is 4.72. The Hall–Kier alpha value is -5.90. The zero-order chi connectivity index (χ0) is 33.8. The maximum Gasteiger partial charge on any atom is 0.417 e. The Kier molecular flexibility index (Phi) is 9.61. The summed E-state index contributed by atoms with van der Waals surface area (Å²) in [5.74, 6) is -7.40. The van der Waals surface area contributed by atoms with E-state index in [4.69, 9.17) is 17.3 Å². The highest BCUT2D eigenvalue weighted by Gasteiger charge is 2.40. The van der Waals surface area contributed by atoms with Crippen molar-refractivity contribution < 1.29 is 41.9 Å². The molecule has 236 valence electrons. The van der Waals surface area contributed by atoms with Crippen molar-refractivity contribution in [2.75, 3.05) is 12.4 Å². The van der Waals surface area contributed by atoms with Gasteiger partial charge >= 0.3 is 18.2 Å². The fourth-order valence-corrected chi connectivity index (χ4v) is 4.38. The van der Waals surface area contributed by atoms with Crippen LogP contribution in [0.3, 0.4) is 0 Å². The highest BCUT2D eigenvalue weighted by atomic mass is 35.5. The van der Waals surface area contributed by atoms with Crippen molar-refractivity contribution >= 4 is 63.5 Å². The highest BCUT2D eigenvalue weighted by Crippen LogP contribution is 2.36. The van der Waals surface area contributed by atoms with Crippen LogP contribution in [0.15, 0.2) is 76.6 Å². The molecule has 4 aromatic rings. The number of carbonyl (C=O) groups is 5. The standard InChI is InChI=1S/C29H20ClF3N6O7/c1-46-27(44)22(38-39-28(34)45)20(24(41)26(43)35-15-8-9-17(30)16(12-15)29(31,32)33)21-25(42)37-18-10-7-14(11-19(18)36-21)23(40)13-5-3-2-4-6-13/h2-12,20H,1H3,(H,35,43)(H,37,42)(H3,34,39,45)/b38-22+/t20-/m1/s1. The zero-order valence-electron chi connectivity index (χ0n) is 23.3. The number of esters is 1. The minimum absolute atomic E-state index is 0.0748. The van der Waals surface area contributed by atoms with E-state index in [-0.39, 0.29) is 16.6 Å². The number of hydrazone groups is 1. The molecule has 0 radical (unpaired) electrons. The van der Waals surface area contributed by atoms with Crippen LogP contribution >= 0.6 is 11.6 Å². The second-order valence-electron chi connectivity index (χ2n) is 9.29. The molecule has 17 heteroatoms. The largest absolute Gasteiger partial charge is 0.464 e. The number of nitrogens with one attached hydrogen (secondary N) is 3. The van der Waals surface area contributed by atoms with Gasteiger partial charge in [0.1, 0.15) is 11.6 Å². The van der Waals surface area contributed by atoms with Gasteiger partial charge in [-0.1, -0.05) is 41.9 Å². The molecule has 0 saturated carbocycles. The molecular formula is C29H20ClF3N6O7. The summed E-state index contributed by atoms with van der Waals surface area (Å²) in [6.07, 6.45) is -4.92. The molecule has 13 nitrogen and oxygen atoms in total. The van der Waals surface area contributed by atoms with E-state index in [1.54, 1.807) is 35.8 Å². The van der Waals surface area contributed by atoms with Crippen LogP contribution in [0.4, 0.5) is 23.7 Å². The molecule has 0 spiro atoms. The third-order valence-corrected chi connectivity index (χ3v) is 6.59. The minimum Gasteiger partial charge on any atom is -0.464 e. The first-order valence-electron chi connectivity index (χ1n) is 12.8. The molecule has 3 amide bonds. The van der Waals surface area contributed by atoms with E-state index in [1.807, 2.05) is 5.32 Å². The van der Waals surface area contributed by atoms with Crippen LogP contribution in [-0.4, -0.2) is 52.3 Å². The van der Waals surface area contributed by atoms with E-state index < -0.39 is 74.8 Å². The first kappa shape index (κ1) is 33.0. The number of benzene rings is 3. The van der Waals surface area contributed by atoms with Gasteiger partial charge in [-0.25, -0.2) is 20.0 Å². The molecule has 0 aliphatic carbocycles. The first-order chi connectivity index (χ1) is 21.7. The van der Waals surface area contributed by atoms with Gasteiger partial charge in [-0.15, -0.1) is 0 Å². The number of carbonyl (C=O) groups excluding carboxylic acids is 5. The average Bonchev–Trinajstić information content (AvgIpc) is 3.02. The number of alkyl halides is 3.